The first-order valence-corrected chi connectivity index (χ1v) is 10.8. The molecule has 150 valence electrons. The number of likely N-dealkylation sites (tertiary alicyclic amines) is 2. The normalized spacial score (nSPS) is 28.9. The number of aliphatic imine (C=N–C) groups is 1. The Morgan fingerprint density at radius 2 is 1.96 bits per heavy atom. The van der Waals surface area contributed by atoms with E-state index in [0.29, 0.717) is 12.1 Å². The first kappa shape index (κ1) is 19.9. The van der Waals surface area contributed by atoms with Crippen LogP contribution in [0.5, 0.6) is 0 Å². The van der Waals surface area contributed by atoms with E-state index in [-0.39, 0.29) is 0 Å². The van der Waals surface area contributed by atoms with Gasteiger partial charge in [0.15, 0.2) is 5.96 Å². The van der Waals surface area contributed by atoms with Crippen LogP contribution in [0.25, 0.3) is 0 Å². The van der Waals surface area contributed by atoms with Gasteiger partial charge in [-0.05, 0) is 45.6 Å². The van der Waals surface area contributed by atoms with Crippen molar-refractivity contribution in [3.63, 3.8) is 0 Å². The molecule has 6 heteroatoms. The minimum absolute atomic E-state index is 0.543. The standard InChI is InChI=1S/C20H39N5O/c1-3-21-20(22-15-19-9-6-11-24(19)13-14-26-2)23-17-10-12-25(16-17)18-7-4-5-8-18/h17-19H,3-16H2,1-2H3,(H2,21,22,23). The summed E-state index contributed by atoms with van der Waals surface area (Å²) in [6.45, 7) is 9.41. The van der Waals surface area contributed by atoms with E-state index in [0.717, 1.165) is 38.2 Å². The van der Waals surface area contributed by atoms with Gasteiger partial charge in [-0.25, -0.2) is 0 Å². The Kier molecular flexibility index (Phi) is 8.02. The number of methoxy groups -OCH3 is 1. The molecule has 1 saturated carbocycles. The topological polar surface area (TPSA) is 52.1 Å². The SMILES string of the molecule is CCNC(=NCC1CCCN1CCOC)NC1CCN(C2CCCC2)C1. The van der Waals surface area contributed by atoms with Gasteiger partial charge in [-0.2, -0.15) is 0 Å². The lowest BCUT2D eigenvalue weighted by atomic mass is 10.2. The van der Waals surface area contributed by atoms with Gasteiger partial charge in [-0.15, -0.1) is 0 Å². The third kappa shape index (κ3) is 5.57. The van der Waals surface area contributed by atoms with Crippen molar-refractivity contribution in [2.45, 2.75) is 70.0 Å². The van der Waals surface area contributed by atoms with E-state index in [4.69, 9.17) is 9.73 Å². The van der Waals surface area contributed by atoms with E-state index in [2.05, 4.69) is 27.4 Å². The first-order valence-electron chi connectivity index (χ1n) is 10.8. The summed E-state index contributed by atoms with van der Waals surface area (Å²) in [6.07, 6.45) is 9.43. The molecule has 0 aromatic carbocycles. The zero-order valence-electron chi connectivity index (χ0n) is 16.9. The molecule has 2 atom stereocenters. The smallest absolute Gasteiger partial charge is 0.191 e. The summed E-state index contributed by atoms with van der Waals surface area (Å²) < 4.78 is 5.25. The second-order valence-electron chi connectivity index (χ2n) is 8.11. The van der Waals surface area contributed by atoms with Gasteiger partial charge in [0.25, 0.3) is 0 Å². The van der Waals surface area contributed by atoms with E-state index in [1.54, 1.807) is 7.11 Å². The second kappa shape index (κ2) is 10.5. The van der Waals surface area contributed by atoms with Crippen molar-refractivity contribution in [1.29, 1.82) is 0 Å². The van der Waals surface area contributed by atoms with E-state index in [9.17, 15) is 0 Å². The molecule has 2 heterocycles. The number of nitrogens with zero attached hydrogens (tertiary/aromatic N) is 3. The van der Waals surface area contributed by atoms with Crippen molar-refractivity contribution < 1.29 is 4.74 Å². The summed E-state index contributed by atoms with van der Waals surface area (Å²) in [5.41, 5.74) is 0. The van der Waals surface area contributed by atoms with Crippen LogP contribution in [0.3, 0.4) is 0 Å². The van der Waals surface area contributed by atoms with Crippen LogP contribution in [0.1, 0.15) is 51.9 Å². The Morgan fingerprint density at radius 3 is 2.73 bits per heavy atom. The summed E-state index contributed by atoms with van der Waals surface area (Å²) in [5.74, 6) is 1.00. The molecule has 0 aromatic rings. The number of ether oxygens (including phenoxy) is 1. The molecule has 2 unspecified atom stereocenters. The molecule has 26 heavy (non-hydrogen) atoms. The molecule has 3 rings (SSSR count). The Hall–Kier alpha value is -0.850. The van der Waals surface area contributed by atoms with Gasteiger partial charge in [0.1, 0.15) is 0 Å². The number of rotatable bonds is 8. The number of hydrogen-bond acceptors (Lipinski definition) is 4. The highest BCUT2D eigenvalue weighted by atomic mass is 16.5. The molecular weight excluding hydrogens is 326 g/mol. The molecule has 0 radical (unpaired) electrons. The molecule has 2 N–H and O–H groups in total. The number of hydrogen-bond donors (Lipinski definition) is 2. The predicted molar refractivity (Wildman–Crippen MR) is 108 cm³/mol. The van der Waals surface area contributed by atoms with E-state index < -0.39 is 0 Å². The molecule has 3 fully saturated rings. The van der Waals surface area contributed by atoms with Crippen LogP contribution in [-0.2, 0) is 4.74 Å². The fraction of sp³-hybridized carbons (Fsp3) is 0.950. The summed E-state index contributed by atoms with van der Waals surface area (Å²) in [7, 11) is 1.78. The summed E-state index contributed by atoms with van der Waals surface area (Å²) in [4.78, 5) is 10.2. The molecule has 2 aliphatic heterocycles. The Labute approximate surface area is 159 Å². The van der Waals surface area contributed by atoms with E-state index >= 15 is 0 Å². The van der Waals surface area contributed by atoms with Crippen molar-refractivity contribution in [3.8, 4) is 0 Å². The minimum Gasteiger partial charge on any atom is -0.383 e. The molecule has 0 spiro atoms. The van der Waals surface area contributed by atoms with Gasteiger partial charge in [0.2, 0.25) is 0 Å². The fourth-order valence-electron chi connectivity index (χ4n) is 4.82. The summed E-state index contributed by atoms with van der Waals surface area (Å²) >= 11 is 0. The first-order chi connectivity index (χ1) is 12.8. The van der Waals surface area contributed by atoms with Crippen LogP contribution in [0.4, 0.5) is 0 Å². The maximum atomic E-state index is 5.25. The lowest BCUT2D eigenvalue weighted by Crippen LogP contribution is -2.46. The Morgan fingerprint density at radius 1 is 1.12 bits per heavy atom. The Bertz CT molecular complexity index is 438. The van der Waals surface area contributed by atoms with Crippen LogP contribution in [0.15, 0.2) is 4.99 Å². The van der Waals surface area contributed by atoms with Crippen molar-refractivity contribution in [1.82, 2.24) is 20.4 Å². The number of nitrogens with one attached hydrogen (secondary N) is 2. The third-order valence-corrected chi connectivity index (χ3v) is 6.29. The molecule has 3 aliphatic rings. The third-order valence-electron chi connectivity index (χ3n) is 6.29. The summed E-state index contributed by atoms with van der Waals surface area (Å²) in [5, 5.41) is 7.16. The van der Waals surface area contributed by atoms with Crippen LogP contribution in [0.2, 0.25) is 0 Å². The molecule has 6 nitrogen and oxygen atoms in total. The summed E-state index contributed by atoms with van der Waals surface area (Å²) in [6, 6.07) is 1.95. The van der Waals surface area contributed by atoms with Gasteiger partial charge in [0.05, 0.1) is 13.2 Å². The monoisotopic (exact) mass is 365 g/mol. The van der Waals surface area contributed by atoms with Crippen LogP contribution >= 0.6 is 0 Å². The lowest BCUT2D eigenvalue weighted by Gasteiger charge is -2.25. The van der Waals surface area contributed by atoms with Gasteiger partial charge in [-0.1, -0.05) is 12.8 Å². The molecule has 0 aromatic heterocycles. The fourth-order valence-corrected chi connectivity index (χ4v) is 4.82. The molecule has 0 amide bonds. The van der Waals surface area contributed by atoms with Gasteiger partial charge in [-0.3, -0.25) is 14.8 Å². The minimum atomic E-state index is 0.543. The molecule has 0 bridgehead atoms. The number of guanidine groups is 1. The predicted octanol–water partition coefficient (Wildman–Crippen LogP) is 1.67. The molecule has 1 aliphatic carbocycles. The Balaban J connectivity index is 1.47. The van der Waals surface area contributed by atoms with E-state index in [1.807, 2.05) is 0 Å². The van der Waals surface area contributed by atoms with Gasteiger partial charge >= 0.3 is 0 Å². The van der Waals surface area contributed by atoms with Crippen molar-refractivity contribution in [2.75, 3.05) is 53.0 Å². The maximum Gasteiger partial charge on any atom is 0.191 e. The van der Waals surface area contributed by atoms with Crippen molar-refractivity contribution in [2.24, 2.45) is 4.99 Å². The molecular formula is C20H39N5O. The lowest BCUT2D eigenvalue weighted by molar-refractivity contribution is 0.142. The van der Waals surface area contributed by atoms with Gasteiger partial charge < -0.3 is 15.4 Å². The van der Waals surface area contributed by atoms with Crippen molar-refractivity contribution >= 4 is 5.96 Å². The highest BCUT2D eigenvalue weighted by Gasteiger charge is 2.30. The quantitative estimate of drug-likeness (QED) is 0.506. The van der Waals surface area contributed by atoms with Crippen molar-refractivity contribution in [3.05, 3.63) is 0 Å². The maximum absolute atomic E-state index is 5.25. The van der Waals surface area contributed by atoms with E-state index in [1.165, 1.54) is 64.6 Å². The average molecular weight is 366 g/mol. The van der Waals surface area contributed by atoms with Crippen LogP contribution in [0, 0.1) is 0 Å². The average Bonchev–Trinajstić information content (AvgIpc) is 3.38. The highest BCUT2D eigenvalue weighted by molar-refractivity contribution is 5.80. The highest BCUT2D eigenvalue weighted by Crippen LogP contribution is 2.26. The van der Waals surface area contributed by atoms with Crippen LogP contribution in [-0.4, -0.2) is 86.9 Å². The van der Waals surface area contributed by atoms with Gasteiger partial charge in [0, 0.05) is 51.4 Å². The largest absolute Gasteiger partial charge is 0.383 e. The zero-order chi connectivity index (χ0) is 18.2. The zero-order valence-corrected chi connectivity index (χ0v) is 16.9. The van der Waals surface area contributed by atoms with Crippen LogP contribution < -0.4 is 10.6 Å². The second-order valence-corrected chi connectivity index (χ2v) is 8.11. The molecule has 2 saturated heterocycles.